The maximum absolute atomic E-state index is 10.7. The lowest BCUT2D eigenvalue weighted by molar-refractivity contribution is -0.138. The van der Waals surface area contributed by atoms with Gasteiger partial charge >= 0.3 is 5.97 Å². The molecular formula is C11H13NO2. The molecular weight excluding hydrogens is 178 g/mol. The molecule has 2 atom stereocenters. The molecule has 1 aromatic carbocycles. The van der Waals surface area contributed by atoms with E-state index in [9.17, 15) is 4.79 Å². The minimum atomic E-state index is -0.676. The van der Waals surface area contributed by atoms with Gasteiger partial charge in [0.25, 0.3) is 0 Å². The number of benzene rings is 1. The van der Waals surface area contributed by atoms with Gasteiger partial charge in [-0.25, -0.2) is 0 Å². The van der Waals surface area contributed by atoms with Gasteiger partial charge in [-0.1, -0.05) is 12.1 Å². The summed E-state index contributed by atoms with van der Waals surface area (Å²) in [6, 6.07) is 7.95. The largest absolute Gasteiger partial charge is 0.481 e. The van der Waals surface area contributed by atoms with Crippen LogP contribution in [0, 0.1) is 5.92 Å². The van der Waals surface area contributed by atoms with Crippen LogP contribution in [0.3, 0.4) is 0 Å². The Morgan fingerprint density at radius 3 is 2.93 bits per heavy atom. The van der Waals surface area contributed by atoms with Gasteiger partial charge in [-0.3, -0.25) is 4.79 Å². The molecule has 74 valence electrons. The van der Waals surface area contributed by atoms with E-state index in [4.69, 9.17) is 5.11 Å². The zero-order valence-electron chi connectivity index (χ0n) is 8.03. The Morgan fingerprint density at radius 2 is 2.36 bits per heavy atom. The van der Waals surface area contributed by atoms with Gasteiger partial charge in [0.05, 0.1) is 5.92 Å². The smallest absolute Gasteiger partial charge is 0.307 e. The van der Waals surface area contributed by atoms with Crippen molar-refractivity contribution in [3.63, 3.8) is 0 Å². The fourth-order valence-electron chi connectivity index (χ4n) is 1.76. The Bertz CT molecular complexity index is 362. The molecule has 0 amide bonds. The first-order chi connectivity index (χ1) is 6.72. The minimum Gasteiger partial charge on any atom is -0.481 e. The molecule has 1 aromatic rings. The summed E-state index contributed by atoms with van der Waals surface area (Å²) in [6.07, 6.45) is 0.780. The standard InChI is InChI=1S/C11H13NO2/c1-12-8-4-2-3-7(5-8)9-6-10(9)11(13)14/h2-5,9-10,12H,6H2,1H3,(H,13,14). The Morgan fingerprint density at radius 1 is 1.57 bits per heavy atom. The summed E-state index contributed by atoms with van der Waals surface area (Å²) in [5, 5.41) is 11.8. The molecule has 1 aliphatic rings. The molecule has 0 spiro atoms. The van der Waals surface area contributed by atoms with E-state index in [2.05, 4.69) is 5.32 Å². The van der Waals surface area contributed by atoms with E-state index < -0.39 is 5.97 Å². The predicted octanol–water partition coefficient (Wildman–Crippen LogP) is 1.92. The summed E-state index contributed by atoms with van der Waals surface area (Å²) in [5.41, 5.74) is 2.17. The van der Waals surface area contributed by atoms with Gasteiger partial charge in [0.2, 0.25) is 0 Å². The van der Waals surface area contributed by atoms with Crippen LogP contribution in [0.25, 0.3) is 0 Å². The number of carboxylic acid groups (broad SMARTS) is 1. The molecule has 2 rings (SSSR count). The summed E-state index contributed by atoms with van der Waals surface area (Å²) in [6.45, 7) is 0. The second-order valence-electron chi connectivity index (χ2n) is 3.66. The van der Waals surface area contributed by atoms with Crippen molar-refractivity contribution >= 4 is 11.7 Å². The quantitative estimate of drug-likeness (QED) is 0.767. The highest BCUT2D eigenvalue weighted by Gasteiger charge is 2.44. The Labute approximate surface area is 82.8 Å². The van der Waals surface area contributed by atoms with Crippen molar-refractivity contribution in [1.82, 2.24) is 0 Å². The van der Waals surface area contributed by atoms with Gasteiger partial charge in [-0.15, -0.1) is 0 Å². The van der Waals surface area contributed by atoms with Crippen molar-refractivity contribution in [3.8, 4) is 0 Å². The number of carboxylic acids is 1. The normalized spacial score (nSPS) is 24.4. The van der Waals surface area contributed by atoms with Crippen molar-refractivity contribution in [2.45, 2.75) is 12.3 Å². The maximum Gasteiger partial charge on any atom is 0.307 e. The van der Waals surface area contributed by atoms with Gasteiger partial charge in [-0.2, -0.15) is 0 Å². The summed E-state index contributed by atoms with van der Waals surface area (Å²) in [5.74, 6) is -0.618. The molecule has 0 radical (unpaired) electrons. The zero-order chi connectivity index (χ0) is 10.1. The Balaban J connectivity index is 2.15. The van der Waals surface area contributed by atoms with Crippen LogP contribution in [-0.2, 0) is 4.79 Å². The van der Waals surface area contributed by atoms with Crippen LogP contribution >= 0.6 is 0 Å². The molecule has 3 heteroatoms. The molecule has 3 nitrogen and oxygen atoms in total. The number of rotatable bonds is 3. The highest BCUT2D eigenvalue weighted by atomic mass is 16.4. The van der Waals surface area contributed by atoms with Gasteiger partial charge < -0.3 is 10.4 Å². The second-order valence-corrected chi connectivity index (χ2v) is 3.66. The van der Waals surface area contributed by atoms with E-state index in [1.54, 1.807) is 0 Å². The van der Waals surface area contributed by atoms with Crippen molar-refractivity contribution in [1.29, 1.82) is 0 Å². The summed E-state index contributed by atoms with van der Waals surface area (Å²) in [4.78, 5) is 10.7. The Hall–Kier alpha value is -1.51. The number of carbonyl (C=O) groups is 1. The molecule has 2 unspecified atom stereocenters. The molecule has 0 aromatic heterocycles. The molecule has 0 saturated heterocycles. The van der Waals surface area contributed by atoms with Crippen LogP contribution in [-0.4, -0.2) is 18.1 Å². The van der Waals surface area contributed by atoms with Crippen molar-refractivity contribution < 1.29 is 9.90 Å². The van der Waals surface area contributed by atoms with Gasteiger partial charge in [-0.05, 0) is 30.0 Å². The summed E-state index contributed by atoms with van der Waals surface area (Å²) < 4.78 is 0. The van der Waals surface area contributed by atoms with Gasteiger partial charge in [0.1, 0.15) is 0 Å². The predicted molar refractivity (Wildman–Crippen MR) is 54.5 cm³/mol. The highest BCUT2D eigenvalue weighted by Crippen LogP contribution is 2.47. The first kappa shape index (κ1) is 9.06. The highest BCUT2D eigenvalue weighted by molar-refractivity contribution is 5.75. The first-order valence-electron chi connectivity index (χ1n) is 4.73. The molecule has 0 aliphatic heterocycles. The summed E-state index contributed by atoms with van der Waals surface area (Å²) >= 11 is 0. The van der Waals surface area contributed by atoms with E-state index in [-0.39, 0.29) is 11.8 Å². The lowest BCUT2D eigenvalue weighted by atomic mass is 10.1. The number of nitrogens with one attached hydrogen (secondary N) is 1. The molecule has 1 saturated carbocycles. The Kier molecular flexibility index (Phi) is 2.15. The number of hydrogen-bond donors (Lipinski definition) is 2. The second kappa shape index (κ2) is 3.33. The van der Waals surface area contributed by atoms with Gasteiger partial charge in [0, 0.05) is 12.7 Å². The van der Waals surface area contributed by atoms with Crippen LogP contribution < -0.4 is 5.32 Å². The van der Waals surface area contributed by atoms with Crippen molar-refractivity contribution in [2.75, 3.05) is 12.4 Å². The molecule has 1 fully saturated rings. The van der Waals surface area contributed by atoms with Crippen LogP contribution in [0.2, 0.25) is 0 Å². The van der Waals surface area contributed by atoms with Crippen LogP contribution in [0.15, 0.2) is 24.3 Å². The number of hydrogen-bond acceptors (Lipinski definition) is 2. The molecule has 0 heterocycles. The third-order valence-corrected chi connectivity index (χ3v) is 2.71. The third-order valence-electron chi connectivity index (χ3n) is 2.71. The lowest BCUT2D eigenvalue weighted by Crippen LogP contribution is -1.99. The van der Waals surface area contributed by atoms with E-state index in [0.717, 1.165) is 17.7 Å². The van der Waals surface area contributed by atoms with Crippen LogP contribution in [0.1, 0.15) is 17.9 Å². The first-order valence-corrected chi connectivity index (χ1v) is 4.73. The third kappa shape index (κ3) is 1.58. The molecule has 14 heavy (non-hydrogen) atoms. The minimum absolute atomic E-state index is 0.165. The fraction of sp³-hybridized carbons (Fsp3) is 0.364. The van der Waals surface area contributed by atoms with E-state index >= 15 is 0 Å². The molecule has 0 bridgehead atoms. The zero-order valence-corrected chi connectivity index (χ0v) is 8.03. The van der Waals surface area contributed by atoms with Crippen LogP contribution in [0.5, 0.6) is 0 Å². The van der Waals surface area contributed by atoms with Crippen molar-refractivity contribution in [3.05, 3.63) is 29.8 Å². The van der Waals surface area contributed by atoms with E-state index in [1.165, 1.54) is 0 Å². The monoisotopic (exact) mass is 191 g/mol. The number of aliphatic carboxylic acids is 1. The van der Waals surface area contributed by atoms with E-state index in [0.29, 0.717) is 0 Å². The fourth-order valence-corrected chi connectivity index (χ4v) is 1.76. The SMILES string of the molecule is CNc1cccc(C2CC2C(=O)O)c1. The molecule has 2 N–H and O–H groups in total. The number of anilines is 1. The lowest BCUT2D eigenvalue weighted by Gasteiger charge is -2.03. The van der Waals surface area contributed by atoms with E-state index in [1.807, 2.05) is 31.3 Å². The van der Waals surface area contributed by atoms with Crippen molar-refractivity contribution in [2.24, 2.45) is 5.92 Å². The molecule has 1 aliphatic carbocycles. The van der Waals surface area contributed by atoms with Gasteiger partial charge in [0.15, 0.2) is 0 Å². The topological polar surface area (TPSA) is 49.3 Å². The summed E-state index contributed by atoms with van der Waals surface area (Å²) in [7, 11) is 1.86. The average Bonchev–Trinajstić information content (AvgIpc) is 2.97. The van der Waals surface area contributed by atoms with Crippen LogP contribution in [0.4, 0.5) is 5.69 Å². The maximum atomic E-state index is 10.7. The average molecular weight is 191 g/mol.